The van der Waals surface area contributed by atoms with Gasteiger partial charge >= 0.3 is 8.80 Å². The summed E-state index contributed by atoms with van der Waals surface area (Å²) in [4.78, 5) is 12.7. The summed E-state index contributed by atoms with van der Waals surface area (Å²) in [6, 6.07) is 9.99. The number of carbonyl (C=O) groups is 1. The number of rotatable bonds is 11. The quantitative estimate of drug-likeness (QED) is 0.456. The first-order valence-corrected chi connectivity index (χ1v) is 10.0. The molecule has 0 unspecified atom stereocenters. The van der Waals surface area contributed by atoms with Crippen LogP contribution in [0.25, 0.3) is 0 Å². The second-order valence-corrected chi connectivity index (χ2v) is 7.48. The third-order valence-electron chi connectivity index (χ3n) is 3.41. The summed E-state index contributed by atoms with van der Waals surface area (Å²) < 4.78 is 17.5. The molecule has 1 rings (SSSR count). The normalized spacial score (nSPS) is 12.4. The number of carbonyl (C=O) groups excluding carboxylic acids is 1. The Kier molecular flexibility index (Phi) is 9.02. The summed E-state index contributed by atoms with van der Waals surface area (Å²) in [5.74, 6) is 0.0402. The van der Waals surface area contributed by atoms with Crippen LogP contribution in [-0.2, 0) is 24.5 Å². The van der Waals surface area contributed by atoms with Crippen LogP contribution >= 0.6 is 0 Å². The number of Topliss-reactive ketones (excluding diaryl/α,β-unsaturated/α-hetero) is 1. The molecule has 0 atom stereocenters. The highest BCUT2D eigenvalue weighted by Gasteiger charge is 2.47. The minimum absolute atomic E-state index is 0.0402. The zero-order valence-corrected chi connectivity index (χ0v) is 15.6. The third kappa shape index (κ3) is 5.69. The second-order valence-electron chi connectivity index (χ2n) is 4.97. The van der Waals surface area contributed by atoms with Crippen LogP contribution in [0.5, 0.6) is 0 Å². The summed E-state index contributed by atoms with van der Waals surface area (Å²) >= 11 is 0. The molecule has 4 nitrogen and oxygen atoms in total. The molecule has 0 radical (unpaired) electrons. The topological polar surface area (TPSA) is 44.8 Å². The van der Waals surface area contributed by atoms with Crippen molar-refractivity contribution in [3.63, 3.8) is 0 Å². The summed E-state index contributed by atoms with van der Waals surface area (Å²) in [6.07, 6.45) is 2.91. The number of allylic oxidation sites excluding steroid dienone is 2. The van der Waals surface area contributed by atoms with Crippen molar-refractivity contribution in [3.8, 4) is 0 Å². The second kappa shape index (κ2) is 10.5. The van der Waals surface area contributed by atoms with E-state index in [1.807, 2.05) is 58.0 Å². The Balaban J connectivity index is 2.90. The Labute approximate surface area is 140 Å². The maximum atomic E-state index is 12.7. The molecule has 23 heavy (non-hydrogen) atoms. The van der Waals surface area contributed by atoms with Crippen LogP contribution in [0.2, 0.25) is 0 Å². The van der Waals surface area contributed by atoms with E-state index in [0.717, 1.165) is 5.56 Å². The van der Waals surface area contributed by atoms with E-state index < -0.39 is 8.80 Å². The zero-order chi connectivity index (χ0) is 17.1. The molecule has 0 N–H and O–H groups in total. The van der Waals surface area contributed by atoms with E-state index in [4.69, 9.17) is 13.3 Å². The molecule has 0 aliphatic heterocycles. The summed E-state index contributed by atoms with van der Waals surface area (Å²) in [6.45, 7) is 8.87. The lowest BCUT2D eigenvalue weighted by Crippen LogP contribution is -2.50. The van der Waals surface area contributed by atoms with Gasteiger partial charge in [0.2, 0.25) is 0 Å². The Morgan fingerprint density at radius 3 is 1.96 bits per heavy atom. The van der Waals surface area contributed by atoms with Gasteiger partial charge < -0.3 is 13.3 Å². The maximum absolute atomic E-state index is 12.7. The van der Waals surface area contributed by atoms with E-state index >= 15 is 0 Å². The van der Waals surface area contributed by atoms with Crippen molar-refractivity contribution in [3.05, 3.63) is 47.2 Å². The van der Waals surface area contributed by atoms with Gasteiger partial charge in [-0.05, 0) is 39.7 Å². The zero-order valence-electron chi connectivity index (χ0n) is 14.6. The van der Waals surface area contributed by atoms with Gasteiger partial charge in [0.1, 0.15) is 0 Å². The van der Waals surface area contributed by atoms with Crippen molar-refractivity contribution < 1.29 is 18.1 Å². The fourth-order valence-corrected chi connectivity index (χ4v) is 5.15. The molecule has 1 aromatic carbocycles. The standard InChI is InChI=1S/C18H28O4Si/c1-5-18(23(20-6-2,21-7-3)22-8-4)17(19)15-14-16-12-10-9-11-13-16/h5,9-13H,6-8,14-15H2,1-4H3/b18-5-. The van der Waals surface area contributed by atoms with E-state index in [9.17, 15) is 4.79 Å². The summed E-state index contributed by atoms with van der Waals surface area (Å²) in [5.41, 5.74) is 1.15. The van der Waals surface area contributed by atoms with Gasteiger partial charge in [0, 0.05) is 26.2 Å². The maximum Gasteiger partial charge on any atom is 0.540 e. The third-order valence-corrected chi connectivity index (χ3v) is 6.64. The van der Waals surface area contributed by atoms with E-state index in [1.54, 1.807) is 6.08 Å². The highest BCUT2D eigenvalue weighted by Crippen LogP contribution is 2.23. The average molecular weight is 337 g/mol. The summed E-state index contributed by atoms with van der Waals surface area (Å²) in [5, 5.41) is 0.569. The van der Waals surface area contributed by atoms with Gasteiger partial charge in [0.05, 0.1) is 5.20 Å². The molecule has 0 heterocycles. The predicted molar refractivity (Wildman–Crippen MR) is 94.2 cm³/mol. The molecular formula is C18H28O4Si. The fourth-order valence-electron chi connectivity index (χ4n) is 2.47. The Morgan fingerprint density at radius 2 is 1.52 bits per heavy atom. The summed E-state index contributed by atoms with van der Waals surface area (Å²) in [7, 11) is -3.11. The minimum atomic E-state index is -3.11. The first-order chi connectivity index (χ1) is 11.1. The highest BCUT2D eigenvalue weighted by atomic mass is 28.4. The van der Waals surface area contributed by atoms with Crippen molar-refractivity contribution in [2.75, 3.05) is 19.8 Å². The van der Waals surface area contributed by atoms with Gasteiger partial charge in [-0.2, -0.15) is 0 Å². The first kappa shape index (κ1) is 19.8. The lowest BCUT2D eigenvalue weighted by molar-refractivity contribution is -0.115. The van der Waals surface area contributed by atoms with Crippen molar-refractivity contribution in [2.45, 2.75) is 40.5 Å². The number of hydrogen-bond donors (Lipinski definition) is 0. The molecule has 0 saturated heterocycles. The number of aryl methyl sites for hydroxylation is 1. The molecule has 0 bridgehead atoms. The SMILES string of the molecule is C/C=C(/C(=O)CCc1ccccc1)[Si](OCC)(OCC)OCC. The molecule has 0 aliphatic carbocycles. The average Bonchev–Trinajstić information content (AvgIpc) is 2.55. The van der Waals surface area contributed by atoms with Crippen LogP contribution in [0, 0.1) is 0 Å². The Morgan fingerprint density at radius 1 is 1.00 bits per heavy atom. The molecule has 128 valence electrons. The van der Waals surface area contributed by atoms with Gasteiger partial charge in [0.25, 0.3) is 0 Å². The lowest BCUT2D eigenvalue weighted by Gasteiger charge is -2.29. The molecule has 0 fully saturated rings. The predicted octanol–water partition coefficient (Wildman–Crippen LogP) is 3.72. The van der Waals surface area contributed by atoms with E-state index in [2.05, 4.69) is 0 Å². The monoisotopic (exact) mass is 336 g/mol. The van der Waals surface area contributed by atoms with Gasteiger partial charge in [-0.25, -0.2) is 0 Å². The van der Waals surface area contributed by atoms with E-state index in [1.165, 1.54) is 0 Å². The van der Waals surface area contributed by atoms with Gasteiger partial charge in [-0.1, -0.05) is 36.4 Å². The van der Waals surface area contributed by atoms with Crippen molar-refractivity contribution >= 4 is 14.6 Å². The van der Waals surface area contributed by atoms with Crippen LogP contribution in [0.15, 0.2) is 41.6 Å². The van der Waals surface area contributed by atoms with Crippen LogP contribution in [0.1, 0.15) is 39.7 Å². The smallest absolute Gasteiger partial charge is 0.370 e. The van der Waals surface area contributed by atoms with Crippen LogP contribution in [0.4, 0.5) is 0 Å². The van der Waals surface area contributed by atoms with Crippen LogP contribution in [-0.4, -0.2) is 34.4 Å². The van der Waals surface area contributed by atoms with E-state index in [-0.39, 0.29) is 5.78 Å². The van der Waals surface area contributed by atoms with Crippen LogP contribution in [0.3, 0.4) is 0 Å². The lowest BCUT2D eigenvalue weighted by atomic mass is 10.1. The molecule has 1 aromatic rings. The molecule has 0 spiro atoms. The molecule has 0 aliphatic rings. The minimum Gasteiger partial charge on any atom is -0.370 e. The van der Waals surface area contributed by atoms with Gasteiger partial charge in [-0.15, -0.1) is 0 Å². The Hall–Kier alpha value is -1.27. The largest absolute Gasteiger partial charge is 0.540 e. The van der Waals surface area contributed by atoms with Crippen molar-refractivity contribution in [1.29, 1.82) is 0 Å². The van der Waals surface area contributed by atoms with E-state index in [0.29, 0.717) is 37.9 Å². The van der Waals surface area contributed by atoms with Gasteiger partial charge in [0.15, 0.2) is 5.78 Å². The Bertz CT molecular complexity index is 482. The number of ketones is 1. The highest BCUT2D eigenvalue weighted by molar-refractivity contribution is 6.74. The fraction of sp³-hybridized carbons (Fsp3) is 0.500. The molecule has 5 heteroatoms. The van der Waals surface area contributed by atoms with Gasteiger partial charge in [-0.3, -0.25) is 4.79 Å². The van der Waals surface area contributed by atoms with Crippen molar-refractivity contribution in [1.82, 2.24) is 0 Å². The number of hydrogen-bond acceptors (Lipinski definition) is 4. The van der Waals surface area contributed by atoms with Crippen LogP contribution < -0.4 is 0 Å². The number of benzene rings is 1. The molecular weight excluding hydrogens is 308 g/mol. The van der Waals surface area contributed by atoms with Crippen molar-refractivity contribution in [2.24, 2.45) is 0 Å². The molecule has 0 saturated carbocycles. The molecule has 0 amide bonds. The molecule has 0 aromatic heterocycles. The first-order valence-electron chi connectivity index (χ1n) is 8.29.